The van der Waals surface area contributed by atoms with E-state index < -0.39 is 22.3 Å². The van der Waals surface area contributed by atoms with Crippen LogP contribution in [0, 0.1) is 15.9 Å². The average molecular weight is 298 g/mol. The fraction of sp³-hybridized carbons (Fsp3) is 0.333. The van der Waals surface area contributed by atoms with E-state index in [1.54, 1.807) is 0 Å². The van der Waals surface area contributed by atoms with Gasteiger partial charge in [-0.2, -0.15) is 0 Å². The molecule has 0 bridgehead atoms. The summed E-state index contributed by atoms with van der Waals surface area (Å²) in [5.41, 5.74) is -0.777. The standard InChI is InChI=1S/C12H11FN2O4S/c1-7(16)20-8-5-11(17)14(6-8)12-9(13)3-2-4-10(12)15(18)19/h2-4,8H,5-6H2,1H3. The van der Waals surface area contributed by atoms with Gasteiger partial charge < -0.3 is 4.90 Å². The maximum Gasteiger partial charge on any atom is 0.296 e. The van der Waals surface area contributed by atoms with E-state index in [0.29, 0.717) is 0 Å². The summed E-state index contributed by atoms with van der Waals surface area (Å²) in [5, 5.41) is 10.5. The van der Waals surface area contributed by atoms with E-state index in [2.05, 4.69) is 0 Å². The second-order valence-electron chi connectivity index (χ2n) is 4.30. The van der Waals surface area contributed by atoms with Crippen molar-refractivity contribution in [1.82, 2.24) is 0 Å². The number of carbonyl (C=O) groups is 2. The van der Waals surface area contributed by atoms with Crippen LogP contribution in [0.5, 0.6) is 0 Å². The van der Waals surface area contributed by atoms with Crippen molar-refractivity contribution in [2.24, 2.45) is 0 Å². The zero-order valence-corrected chi connectivity index (χ0v) is 11.4. The Morgan fingerprint density at radius 1 is 1.55 bits per heavy atom. The molecule has 0 N–H and O–H groups in total. The predicted molar refractivity (Wildman–Crippen MR) is 72.1 cm³/mol. The maximum absolute atomic E-state index is 13.9. The Bertz CT molecular complexity index is 593. The first-order chi connectivity index (χ1) is 9.40. The van der Waals surface area contributed by atoms with Crippen molar-refractivity contribution in [3.8, 4) is 0 Å². The van der Waals surface area contributed by atoms with Crippen molar-refractivity contribution in [1.29, 1.82) is 0 Å². The molecule has 0 saturated carbocycles. The molecule has 1 aromatic rings. The molecule has 106 valence electrons. The molecule has 20 heavy (non-hydrogen) atoms. The zero-order chi connectivity index (χ0) is 14.9. The highest BCUT2D eigenvalue weighted by molar-refractivity contribution is 8.14. The summed E-state index contributed by atoms with van der Waals surface area (Å²) >= 11 is 0.991. The van der Waals surface area contributed by atoms with Crippen molar-refractivity contribution >= 4 is 34.2 Å². The average Bonchev–Trinajstić information content (AvgIpc) is 2.68. The van der Waals surface area contributed by atoms with Crippen LogP contribution in [0.4, 0.5) is 15.8 Å². The van der Waals surface area contributed by atoms with Crippen molar-refractivity contribution in [2.45, 2.75) is 18.6 Å². The molecule has 0 aromatic heterocycles. The van der Waals surface area contributed by atoms with Crippen molar-refractivity contribution in [3.05, 3.63) is 34.1 Å². The van der Waals surface area contributed by atoms with Gasteiger partial charge in [0, 0.05) is 31.2 Å². The maximum atomic E-state index is 13.9. The van der Waals surface area contributed by atoms with Gasteiger partial charge >= 0.3 is 0 Å². The smallest absolute Gasteiger partial charge is 0.296 e. The van der Waals surface area contributed by atoms with Crippen LogP contribution >= 0.6 is 11.8 Å². The Labute approximate surface area is 118 Å². The molecule has 8 heteroatoms. The molecule has 0 spiro atoms. The fourth-order valence-corrected chi connectivity index (χ4v) is 3.04. The molecule has 1 amide bonds. The third-order valence-corrected chi connectivity index (χ3v) is 3.84. The summed E-state index contributed by atoms with van der Waals surface area (Å²) in [5.74, 6) is -1.24. The normalized spacial score (nSPS) is 18.4. The van der Waals surface area contributed by atoms with Gasteiger partial charge in [-0.3, -0.25) is 19.7 Å². The first kappa shape index (κ1) is 14.4. The number of nitrogens with zero attached hydrogens (tertiary/aromatic N) is 2. The lowest BCUT2D eigenvalue weighted by molar-refractivity contribution is -0.384. The molecule has 6 nitrogen and oxygen atoms in total. The molecule has 1 heterocycles. The summed E-state index contributed by atoms with van der Waals surface area (Å²) < 4.78 is 13.9. The van der Waals surface area contributed by atoms with Gasteiger partial charge in [0.15, 0.2) is 16.6 Å². The minimum absolute atomic E-state index is 0.0652. The Hall–Kier alpha value is -1.96. The second-order valence-corrected chi connectivity index (χ2v) is 5.78. The lowest BCUT2D eigenvalue weighted by atomic mass is 10.2. The van der Waals surface area contributed by atoms with Gasteiger partial charge in [-0.15, -0.1) is 0 Å². The first-order valence-electron chi connectivity index (χ1n) is 5.80. The Balaban J connectivity index is 2.35. The van der Waals surface area contributed by atoms with Gasteiger partial charge in [0.2, 0.25) is 5.91 Å². The first-order valence-corrected chi connectivity index (χ1v) is 6.68. The lowest BCUT2D eigenvalue weighted by Gasteiger charge is -2.17. The zero-order valence-electron chi connectivity index (χ0n) is 10.5. The van der Waals surface area contributed by atoms with E-state index in [1.807, 2.05) is 0 Å². The number of rotatable bonds is 3. The van der Waals surface area contributed by atoms with Crippen LogP contribution in [0.2, 0.25) is 0 Å². The number of anilines is 1. The largest absolute Gasteiger partial charge is 0.303 e. The number of nitro benzene ring substituents is 1. The monoisotopic (exact) mass is 298 g/mol. The van der Waals surface area contributed by atoms with E-state index >= 15 is 0 Å². The number of hydrogen-bond donors (Lipinski definition) is 0. The van der Waals surface area contributed by atoms with Crippen LogP contribution in [-0.4, -0.2) is 27.7 Å². The molecule has 2 rings (SSSR count). The highest BCUT2D eigenvalue weighted by atomic mass is 32.2. The van der Waals surface area contributed by atoms with E-state index in [1.165, 1.54) is 13.0 Å². The molecule has 1 fully saturated rings. The molecule has 0 aliphatic carbocycles. The van der Waals surface area contributed by atoms with E-state index in [0.717, 1.165) is 28.8 Å². The number of nitro groups is 1. The van der Waals surface area contributed by atoms with Crippen LogP contribution in [-0.2, 0) is 9.59 Å². The third-order valence-electron chi connectivity index (χ3n) is 2.85. The van der Waals surface area contributed by atoms with Crippen LogP contribution in [0.15, 0.2) is 18.2 Å². The van der Waals surface area contributed by atoms with Gasteiger partial charge in [0.05, 0.1) is 4.92 Å². The number of carbonyl (C=O) groups excluding carboxylic acids is 2. The number of para-hydroxylation sites is 1. The van der Waals surface area contributed by atoms with Crippen molar-refractivity contribution in [3.63, 3.8) is 0 Å². The number of benzene rings is 1. The molecule has 1 unspecified atom stereocenters. The van der Waals surface area contributed by atoms with Crippen LogP contribution < -0.4 is 4.90 Å². The highest BCUT2D eigenvalue weighted by Gasteiger charge is 2.36. The minimum atomic E-state index is -0.818. The molecule has 1 aliphatic heterocycles. The second kappa shape index (κ2) is 5.58. The molecule has 1 aromatic carbocycles. The summed E-state index contributed by atoms with van der Waals surface area (Å²) in [6.45, 7) is 1.47. The van der Waals surface area contributed by atoms with E-state index in [9.17, 15) is 24.1 Å². The van der Waals surface area contributed by atoms with Crippen LogP contribution in [0.1, 0.15) is 13.3 Å². The summed E-state index contributed by atoms with van der Waals surface area (Å²) in [6.07, 6.45) is 0.0652. The van der Waals surface area contributed by atoms with Crippen molar-refractivity contribution in [2.75, 3.05) is 11.4 Å². The van der Waals surface area contributed by atoms with Gasteiger partial charge in [-0.1, -0.05) is 17.8 Å². The van der Waals surface area contributed by atoms with E-state index in [4.69, 9.17) is 0 Å². The van der Waals surface area contributed by atoms with Crippen LogP contribution in [0.3, 0.4) is 0 Å². The van der Waals surface area contributed by atoms with Crippen LogP contribution in [0.25, 0.3) is 0 Å². The summed E-state index contributed by atoms with van der Waals surface area (Å²) in [7, 11) is 0. The number of halogens is 1. The van der Waals surface area contributed by atoms with Gasteiger partial charge in [0.25, 0.3) is 5.69 Å². The highest BCUT2D eigenvalue weighted by Crippen LogP contribution is 2.36. The Morgan fingerprint density at radius 2 is 2.25 bits per heavy atom. The quantitative estimate of drug-likeness (QED) is 0.630. The molecule has 1 saturated heterocycles. The molecular formula is C12H11FN2O4S. The number of thioether (sulfide) groups is 1. The topological polar surface area (TPSA) is 80.5 Å². The number of hydrogen-bond acceptors (Lipinski definition) is 5. The molecular weight excluding hydrogens is 287 g/mol. The molecule has 1 aliphatic rings. The molecule has 1 atom stereocenters. The third kappa shape index (κ3) is 2.79. The predicted octanol–water partition coefficient (Wildman–Crippen LogP) is 2.12. The SMILES string of the molecule is CC(=O)SC1CC(=O)N(c2c(F)cccc2[N+](=O)[O-])C1. The Morgan fingerprint density at radius 3 is 2.85 bits per heavy atom. The number of amides is 1. The summed E-state index contributed by atoms with van der Waals surface area (Å²) in [4.78, 5) is 34.2. The Kier molecular flexibility index (Phi) is 4.03. The summed E-state index contributed by atoms with van der Waals surface area (Å²) in [6, 6.07) is 3.44. The minimum Gasteiger partial charge on any atom is -0.303 e. The van der Waals surface area contributed by atoms with Gasteiger partial charge in [-0.05, 0) is 6.07 Å². The lowest BCUT2D eigenvalue weighted by Crippen LogP contribution is -2.26. The van der Waals surface area contributed by atoms with Gasteiger partial charge in [0.1, 0.15) is 0 Å². The fourth-order valence-electron chi connectivity index (χ4n) is 2.12. The van der Waals surface area contributed by atoms with Crippen molar-refractivity contribution < 1.29 is 18.9 Å². The van der Waals surface area contributed by atoms with Gasteiger partial charge in [-0.25, -0.2) is 4.39 Å². The van der Waals surface area contributed by atoms with E-state index in [-0.39, 0.29) is 29.0 Å². The molecule has 0 radical (unpaired) electrons.